The Morgan fingerprint density at radius 2 is 2.12 bits per heavy atom. The van der Waals surface area contributed by atoms with Crippen molar-refractivity contribution in [2.24, 2.45) is 0 Å². The maximum Gasteiger partial charge on any atom is 0.195 e. The molecule has 1 aromatic rings. The van der Waals surface area contributed by atoms with E-state index in [-0.39, 0.29) is 0 Å². The molecule has 1 aliphatic carbocycles. The summed E-state index contributed by atoms with van der Waals surface area (Å²) in [6.45, 7) is 2.33. The van der Waals surface area contributed by atoms with E-state index in [1.165, 1.54) is 16.7 Å². The lowest BCUT2D eigenvalue weighted by atomic mass is 10.0. The van der Waals surface area contributed by atoms with E-state index in [0.717, 1.165) is 32.6 Å². The number of benzene rings is 1. The molecular formula is C13H17NO2. The maximum absolute atomic E-state index is 5.82. The van der Waals surface area contributed by atoms with Gasteiger partial charge in [0, 0.05) is 18.5 Å². The lowest BCUT2D eigenvalue weighted by molar-refractivity contribution is -0.163. The molecule has 1 fully saturated rings. The van der Waals surface area contributed by atoms with Crippen LogP contribution < -0.4 is 5.32 Å². The second kappa shape index (κ2) is 3.84. The predicted octanol–water partition coefficient (Wildman–Crippen LogP) is 1.55. The third kappa shape index (κ3) is 1.47. The minimum atomic E-state index is -0.418. The molecule has 0 aromatic heterocycles. The third-order valence-electron chi connectivity index (χ3n) is 3.44. The van der Waals surface area contributed by atoms with Crippen LogP contribution in [0.1, 0.15) is 23.1 Å². The Kier molecular flexibility index (Phi) is 2.46. The van der Waals surface area contributed by atoms with Gasteiger partial charge >= 0.3 is 0 Å². The molecule has 2 aliphatic rings. The van der Waals surface area contributed by atoms with Crippen molar-refractivity contribution in [3.63, 3.8) is 0 Å². The number of aryl methyl sites for hydroxylation is 1. The first kappa shape index (κ1) is 10.3. The lowest BCUT2D eigenvalue weighted by Gasteiger charge is -2.23. The van der Waals surface area contributed by atoms with Crippen molar-refractivity contribution < 1.29 is 9.47 Å². The fourth-order valence-corrected chi connectivity index (χ4v) is 2.70. The molecule has 3 nitrogen and oxygen atoms in total. The molecule has 0 unspecified atom stereocenters. The van der Waals surface area contributed by atoms with Gasteiger partial charge in [0.05, 0.1) is 13.2 Å². The van der Waals surface area contributed by atoms with Crippen LogP contribution in [0.15, 0.2) is 18.2 Å². The van der Waals surface area contributed by atoms with Crippen molar-refractivity contribution in [1.29, 1.82) is 0 Å². The van der Waals surface area contributed by atoms with E-state index < -0.39 is 5.79 Å². The summed E-state index contributed by atoms with van der Waals surface area (Å²) in [5.41, 5.74) is 3.92. The molecule has 1 aromatic carbocycles. The summed E-state index contributed by atoms with van der Waals surface area (Å²) < 4.78 is 11.6. The molecule has 1 aliphatic heterocycles. The molecule has 1 heterocycles. The summed E-state index contributed by atoms with van der Waals surface area (Å²) in [7, 11) is 1.96. The summed E-state index contributed by atoms with van der Waals surface area (Å²) in [6.07, 6.45) is 2.03. The minimum Gasteiger partial charge on any atom is -0.343 e. The van der Waals surface area contributed by atoms with Crippen molar-refractivity contribution in [2.45, 2.75) is 25.2 Å². The topological polar surface area (TPSA) is 30.5 Å². The zero-order valence-electron chi connectivity index (χ0n) is 9.58. The van der Waals surface area contributed by atoms with E-state index in [1.54, 1.807) is 0 Å². The molecule has 0 saturated carbocycles. The van der Waals surface area contributed by atoms with Gasteiger partial charge < -0.3 is 14.8 Å². The van der Waals surface area contributed by atoms with Crippen LogP contribution in [0.25, 0.3) is 0 Å². The third-order valence-corrected chi connectivity index (χ3v) is 3.44. The quantitative estimate of drug-likeness (QED) is 0.818. The van der Waals surface area contributed by atoms with Crippen molar-refractivity contribution in [3.05, 3.63) is 34.9 Å². The van der Waals surface area contributed by atoms with Crippen LogP contribution in [0.3, 0.4) is 0 Å². The first-order chi connectivity index (χ1) is 7.84. The molecule has 86 valence electrons. The Hall–Kier alpha value is -0.900. The van der Waals surface area contributed by atoms with E-state index in [9.17, 15) is 0 Å². The summed E-state index contributed by atoms with van der Waals surface area (Å²) in [6, 6.07) is 6.62. The molecule has 1 spiro atoms. The second-order valence-corrected chi connectivity index (χ2v) is 4.47. The van der Waals surface area contributed by atoms with Crippen LogP contribution in [0.4, 0.5) is 0 Å². The average molecular weight is 219 g/mol. The summed E-state index contributed by atoms with van der Waals surface area (Å²) in [5, 5.41) is 3.17. The fraction of sp³-hybridized carbons (Fsp3) is 0.538. The van der Waals surface area contributed by atoms with Crippen LogP contribution in [0.5, 0.6) is 0 Å². The van der Waals surface area contributed by atoms with Crippen LogP contribution >= 0.6 is 0 Å². The van der Waals surface area contributed by atoms with Gasteiger partial charge in [-0.05, 0) is 30.7 Å². The Bertz CT molecular complexity index is 397. The van der Waals surface area contributed by atoms with Gasteiger partial charge in [-0.2, -0.15) is 0 Å². The van der Waals surface area contributed by atoms with Gasteiger partial charge in [0.15, 0.2) is 5.79 Å². The van der Waals surface area contributed by atoms with Gasteiger partial charge in [-0.25, -0.2) is 0 Å². The number of fused-ring (bicyclic) bond motifs is 2. The first-order valence-electron chi connectivity index (χ1n) is 5.89. The normalized spacial score (nSPS) is 21.6. The smallest absolute Gasteiger partial charge is 0.195 e. The van der Waals surface area contributed by atoms with E-state index in [2.05, 4.69) is 23.5 Å². The molecule has 0 radical (unpaired) electrons. The van der Waals surface area contributed by atoms with Gasteiger partial charge in [0.2, 0.25) is 0 Å². The molecular weight excluding hydrogens is 202 g/mol. The van der Waals surface area contributed by atoms with Gasteiger partial charge in [0.1, 0.15) is 0 Å². The summed E-state index contributed by atoms with van der Waals surface area (Å²) >= 11 is 0. The lowest BCUT2D eigenvalue weighted by Crippen LogP contribution is -2.23. The van der Waals surface area contributed by atoms with Gasteiger partial charge in [-0.1, -0.05) is 12.1 Å². The Labute approximate surface area is 95.8 Å². The van der Waals surface area contributed by atoms with E-state index >= 15 is 0 Å². The zero-order valence-corrected chi connectivity index (χ0v) is 9.58. The summed E-state index contributed by atoms with van der Waals surface area (Å²) in [5.74, 6) is -0.418. The zero-order chi connectivity index (χ0) is 11.0. The molecule has 1 N–H and O–H groups in total. The average Bonchev–Trinajstić information content (AvgIpc) is 2.90. The first-order valence-corrected chi connectivity index (χ1v) is 5.89. The molecule has 1 saturated heterocycles. The Morgan fingerprint density at radius 1 is 1.31 bits per heavy atom. The van der Waals surface area contributed by atoms with Gasteiger partial charge in [-0.15, -0.1) is 0 Å². The van der Waals surface area contributed by atoms with E-state index in [0.29, 0.717) is 0 Å². The van der Waals surface area contributed by atoms with Gasteiger partial charge in [-0.3, -0.25) is 0 Å². The van der Waals surface area contributed by atoms with Crippen molar-refractivity contribution in [3.8, 4) is 0 Å². The molecule has 0 atom stereocenters. The highest BCUT2D eigenvalue weighted by atomic mass is 16.7. The number of hydrogen-bond donors (Lipinski definition) is 1. The van der Waals surface area contributed by atoms with Gasteiger partial charge in [0.25, 0.3) is 0 Å². The number of hydrogen-bond acceptors (Lipinski definition) is 3. The van der Waals surface area contributed by atoms with Crippen molar-refractivity contribution >= 4 is 0 Å². The Morgan fingerprint density at radius 3 is 2.88 bits per heavy atom. The largest absolute Gasteiger partial charge is 0.343 e. The highest BCUT2D eigenvalue weighted by molar-refractivity contribution is 5.39. The standard InChI is InChI=1S/C13H17NO2/c1-14-9-10-2-3-11-4-5-13(12(11)8-10)15-6-7-16-13/h2-3,8,14H,4-7,9H2,1H3. The number of nitrogens with one attached hydrogen (secondary N) is 1. The summed E-state index contributed by atoms with van der Waals surface area (Å²) in [4.78, 5) is 0. The molecule has 3 heteroatoms. The monoisotopic (exact) mass is 219 g/mol. The predicted molar refractivity (Wildman–Crippen MR) is 61.1 cm³/mol. The number of ether oxygens (including phenoxy) is 2. The second-order valence-electron chi connectivity index (χ2n) is 4.47. The maximum atomic E-state index is 5.82. The fourth-order valence-electron chi connectivity index (χ4n) is 2.70. The van der Waals surface area contributed by atoms with E-state index in [1.807, 2.05) is 7.05 Å². The number of rotatable bonds is 2. The molecule has 0 bridgehead atoms. The Balaban J connectivity index is 1.99. The van der Waals surface area contributed by atoms with Crippen LogP contribution in [0, 0.1) is 0 Å². The van der Waals surface area contributed by atoms with E-state index in [4.69, 9.17) is 9.47 Å². The van der Waals surface area contributed by atoms with Crippen LogP contribution in [-0.2, 0) is 28.2 Å². The highest BCUT2D eigenvalue weighted by Gasteiger charge is 2.43. The highest BCUT2D eigenvalue weighted by Crippen LogP contribution is 2.43. The van der Waals surface area contributed by atoms with Crippen LogP contribution in [-0.4, -0.2) is 20.3 Å². The van der Waals surface area contributed by atoms with Crippen molar-refractivity contribution in [2.75, 3.05) is 20.3 Å². The molecule has 16 heavy (non-hydrogen) atoms. The minimum absolute atomic E-state index is 0.418. The molecule has 0 amide bonds. The SMILES string of the molecule is CNCc1ccc2c(c1)C1(CC2)OCCO1. The van der Waals surface area contributed by atoms with Crippen LogP contribution in [0.2, 0.25) is 0 Å². The van der Waals surface area contributed by atoms with Crippen molar-refractivity contribution in [1.82, 2.24) is 5.32 Å². The molecule has 3 rings (SSSR count).